The number of hydrogen-bond donors (Lipinski definition) is 2. The Labute approximate surface area is 123 Å². The summed E-state index contributed by atoms with van der Waals surface area (Å²) >= 11 is 0. The highest BCUT2D eigenvalue weighted by Crippen LogP contribution is 2.30. The van der Waals surface area contributed by atoms with Crippen molar-refractivity contribution in [3.63, 3.8) is 0 Å². The first-order chi connectivity index (χ1) is 10.7. The van der Waals surface area contributed by atoms with Gasteiger partial charge in [0.25, 0.3) is 0 Å². The minimum absolute atomic E-state index is 0.322. The second-order valence-electron chi connectivity index (χ2n) is 4.84. The first kappa shape index (κ1) is 12.5. The van der Waals surface area contributed by atoms with Gasteiger partial charge in [-0.25, -0.2) is 14.4 Å². The van der Waals surface area contributed by atoms with Gasteiger partial charge in [-0.2, -0.15) is 4.73 Å². The number of hydrogen-bond acceptors (Lipinski definition) is 4. The van der Waals surface area contributed by atoms with Gasteiger partial charge in [0.05, 0.1) is 10.9 Å². The molecule has 0 saturated heterocycles. The number of aromatic nitrogens is 4. The van der Waals surface area contributed by atoms with E-state index >= 15 is 0 Å². The lowest BCUT2D eigenvalue weighted by Gasteiger charge is -2.06. The van der Waals surface area contributed by atoms with Gasteiger partial charge in [-0.05, 0) is 24.3 Å². The summed E-state index contributed by atoms with van der Waals surface area (Å²) in [5.74, 6) is 0.228. The molecule has 1 aromatic carbocycles. The van der Waals surface area contributed by atoms with E-state index < -0.39 is 0 Å². The summed E-state index contributed by atoms with van der Waals surface area (Å²) in [6, 6.07) is 7.88. The molecular weight excluding hydrogens is 285 g/mol. The number of fused-ring (bicyclic) bond motifs is 3. The first-order valence-corrected chi connectivity index (χ1v) is 6.58. The van der Waals surface area contributed by atoms with Crippen molar-refractivity contribution in [3.05, 3.63) is 60.1 Å². The maximum atomic E-state index is 13.3. The van der Waals surface area contributed by atoms with Gasteiger partial charge in [0.15, 0.2) is 6.20 Å². The van der Waals surface area contributed by atoms with Gasteiger partial charge >= 0.3 is 0 Å². The quantitative estimate of drug-likeness (QED) is 0.440. The van der Waals surface area contributed by atoms with Gasteiger partial charge in [0.2, 0.25) is 6.20 Å². The molecule has 6 nitrogen and oxygen atoms in total. The maximum Gasteiger partial charge on any atom is 0.203 e. The van der Waals surface area contributed by atoms with E-state index in [2.05, 4.69) is 20.3 Å². The molecule has 0 fully saturated rings. The Morgan fingerprint density at radius 2 is 2.14 bits per heavy atom. The summed E-state index contributed by atoms with van der Waals surface area (Å²) in [6.07, 6.45) is 4.21. The summed E-state index contributed by atoms with van der Waals surface area (Å²) in [5.41, 5.74) is 1.85. The first-order valence-electron chi connectivity index (χ1n) is 6.58. The van der Waals surface area contributed by atoms with Crippen LogP contribution in [-0.2, 0) is 0 Å². The van der Waals surface area contributed by atoms with Crippen molar-refractivity contribution >= 4 is 33.4 Å². The van der Waals surface area contributed by atoms with E-state index in [4.69, 9.17) is 0 Å². The highest BCUT2D eigenvalue weighted by atomic mass is 19.1. The van der Waals surface area contributed by atoms with Crippen LogP contribution in [-0.4, -0.2) is 15.0 Å². The fourth-order valence-corrected chi connectivity index (χ4v) is 2.46. The Kier molecular flexibility index (Phi) is 2.65. The monoisotopic (exact) mass is 295 g/mol. The average Bonchev–Trinajstić information content (AvgIpc) is 2.85. The Morgan fingerprint density at radius 3 is 3.00 bits per heavy atom. The number of rotatable bonds is 2. The third-order valence-electron chi connectivity index (χ3n) is 3.39. The molecule has 3 aromatic heterocycles. The molecule has 0 spiro atoms. The zero-order valence-corrected chi connectivity index (χ0v) is 11.2. The minimum Gasteiger partial charge on any atom is -0.619 e. The van der Waals surface area contributed by atoms with E-state index in [0.717, 1.165) is 10.8 Å². The molecule has 4 aromatic rings. The lowest BCUT2D eigenvalue weighted by Crippen LogP contribution is -2.24. The molecule has 0 radical (unpaired) electrons. The number of anilines is 2. The van der Waals surface area contributed by atoms with Crippen LogP contribution in [0.2, 0.25) is 0 Å². The smallest absolute Gasteiger partial charge is 0.203 e. The van der Waals surface area contributed by atoms with Crippen molar-refractivity contribution in [2.45, 2.75) is 0 Å². The fourth-order valence-electron chi connectivity index (χ4n) is 2.46. The number of halogens is 1. The van der Waals surface area contributed by atoms with Crippen molar-refractivity contribution in [2.24, 2.45) is 0 Å². The summed E-state index contributed by atoms with van der Waals surface area (Å²) in [7, 11) is 0. The van der Waals surface area contributed by atoms with Crippen LogP contribution in [0.3, 0.4) is 0 Å². The standard InChI is InChI=1S/C15H10FN5O/c16-9-3-4-11-12(6-9)20-15-13(11)14(17-8-18-15)19-10-2-1-5-21(22)7-10/h1-8H,(H2,17,18,19,20). The SMILES string of the molecule is [O-][n+]1cccc(Nc2ncnc3[nH]c4cc(F)ccc4c23)c1. The lowest BCUT2D eigenvalue weighted by atomic mass is 10.2. The molecule has 0 aliphatic carbocycles. The molecule has 2 N–H and O–H groups in total. The molecule has 3 heterocycles. The molecule has 0 saturated carbocycles. The largest absolute Gasteiger partial charge is 0.619 e. The van der Waals surface area contributed by atoms with E-state index in [1.165, 1.54) is 30.9 Å². The Bertz CT molecular complexity index is 998. The molecular formula is C15H10FN5O. The minimum atomic E-state index is -0.322. The van der Waals surface area contributed by atoms with E-state index in [9.17, 15) is 9.60 Å². The predicted octanol–water partition coefficient (Wildman–Crippen LogP) is 2.63. The van der Waals surface area contributed by atoms with Gasteiger partial charge in [-0.1, -0.05) is 0 Å². The van der Waals surface area contributed by atoms with E-state index in [1.807, 2.05) is 0 Å². The molecule has 0 unspecified atom stereocenters. The third-order valence-corrected chi connectivity index (χ3v) is 3.39. The normalized spacial score (nSPS) is 11.1. The van der Waals surface area contributed by atoms with Gasteiger partial charge in [-0.3, -0.25) is 0 Å². The van der Waals surface area contributed by atoms with Gasteiger partial charge in [0, 0.05) is 11.5 Å². The highest BCUT2D eigenvalue weighted by Gasteiger charge is 2.12. The molecule has 0 bridgehead atoms. The van der Waals surface area contributed by atoms with Crippen LogP contribution in [0.1, 0.15) is 0 Å². The van der Waals surface area contributed by atoms with Crippen LogP contribution in [0.15, 0.2) is 49.1 Å². The Morgan fingerprint density at radius 1 is 1.23 bits per heavy atom. The summed E-state index contributed by atoms with van der Waals surface area (Å²) in [5, 5.41) is 16.0. The molecule has 0 atom stereocenters. The summed E-state index contributed by atoms with van der Waals surface area (Å²) in [6.45, 7) is 0. The Hall–Kier alpha value is -3.22. The molecule has 0 amide bonds. The van der Waals surface area contributed by atoms with E-state index in [1.54, 1.807) is 18.2 Å². The van der Waals surface area contributed by atoms with Crippen molar-refractivity contribution in [2.75, 3.05) is 5.32 Å². The van der Waals surface area contributed by atoms with Crippen molar-refractivity contribution < 1.29 is 9.12 Å². The van der Waals surface area contributed by atoms with Crippen LogP contribution in [0.25, 0.3) is 21.9 Å². The third kappa shape index (κ3) is 1.99. The van der Waals surface area contributed by atoms with Crippen molar-refractivity contribution in [3.8, 4) is 0 Å². The van der Waals surface area contributed by atoms with Crippen LogP contribution < -0.4 is 10.0 Å². The highest BCUT2D eigenvalue weighted by molar-refractivity contribution is 6.11. The van der Waals surface area contributed by atoms with E-state index in [0.29, 0.717) is 27.4 Å². The maximum absolute atomic E-state index is 13.3. The summed E-state index contributed by atoms with van der Waals surface area (Å²) < 4.78 is 14.0. The second-order valence-corrected chi connectivity index (χ2v) is 4.84. The van der Waals surface area contributed by atoms with Crippen LogP contribution >= 0.6 is 0 Å². The zero-order chi connectivity index (χ0) is 15.1. The molecule has 0 aliphatic heterocycles. The fraction of sp³-hybridized carbons (Fsp3) is 0. The zero-order valence-electron chi connectivity index (χ0n) is 11.2. The number of pyridine rings is 1. The molecule has 7 heteroatoms. The predicted molar refractivity (Wildman–Crippen MR) is 80.0 cm³/mol. The van der Waals surface area contributed by atoms with Gasteiger partial charge < -0.3 is 15.5 Å². The average molecular weight is 295 g/mol. The molecule has 0 aliphatic rings. The van der Waals surface area contributed by atoms with Crippen molar-refractivity contribution in [1.29, 1.82) is 0 Å². The second kappa shape index (κ2) is 4.66. The number of nitrogens with one attached hydrogen (secondary N) is 2. The Balaban J connectivity index is 1.92. The lowest BCUT2D eigenvalue weighted by molar-refractivity contribution is -0.604. The van der Waals surface area contributed by atoms with E-state index in [-0.39, 0.29) is 5.82 Å². The number of benzene rings is 1. The number of nitrogens with zero attached hydrogens (tertiary/aromatic N) is 3. The van der Waals surface area contributed by atoms with Crippen LogP contribution in [0.4, 0.5) is 15.9 Å². The molecule has 4 rings (SSSR count). The van der Waals surface area contributed by atoms with Crippen molar-refractivity contribution in [1.82, 2.24) is 15.0 Å². The number of H-pyrrole nitrogens is 1. The number of aromatic amines is 1. The molecule has 22 heavy (non-hydrogen) atoms. The van der Waals surface area contributed by atoms with Gasteiger partial charge in [0.1, 0.15) is 29.3 Å². The molecule has 108 valence electrons. The van der Waals surface area contributed by atoms with Crippen LogP contribution in [0, 0.1) is 11.0 Å². The topological polar surface area (TPSA) is 80.5 Å². The summed E-state index contributed by atoms with van der Waals surface area (Å²) in [4.78, 5) is 11.5. The van der Waals surface area contributed by atoms with Gasteiger partial charge in [-0.15, -0.1) is 0 Å². The van der Waals surface area contributed by atoms with Crippen LogP contribution in [0.5, 0.6) is 0 Å².